The van der Waals surface area contributed by atoms with Gasteiger partial charge >= 0.3 is 5.97 Å². The number of rotatable bonds is 6. The SMILES string of the molecule is CCOC(=O)[C@@H]1CCCN(Cc2nc(Cc3ccccc3)no2)C1. The van der Waals surface area contributed by atoms with Crippen LogP contribution in [0, 0.1) is 5.92 Å². The number of aromatic nitrogens is 2. The first-order chi connectivity index (χ1) is 11.7. The fourth-order valence-corrected chi connectivity index (χ4v) is 3.05. The van der Waals surface area contributed by atoms with E-state index in [0.717, 1.165) is 24.9 Å². The molecular weight excluding hydrogens is 306 g/mol. The number of likely N-dealkylation sites (tertiary alicyclic amines) is 1. The number of benzene rings is 1. The van der Waals surface area contributed by atoms with Crippen molar-refractivity contribution in [3.05, 3.63) is 47.6 Å². The Morgan fingerprint density at radius 3 is 3.00 bits per heavy atom. The first-order valence-corrected chi connectivity index (χ1v) is 8.49. The monoisotopic (exact) mass is 329 g/mol. The number of hydrogen-bond donors (Lipinski definition) is 0. The van der Waals surface area contributed by atoms with Gasteiger partial charge in [-0.1, -0.05) is 35.5 Å². The zero-order valence-electron chi connectivity index (χ0n) is 14.0. The van der Waals surface area contributed by atoms with E-state index in [0.29, 0.717) is 37.8 Å². The summed E-state index contributed by atoms with van der Waals surface area (Å²) < 4.78 is 10.5. The number of carbonyl (C=O) groups is 1. The van der Waals surface area contributed by atoms with E-state index < -0.39 is 0 Å². The highest BCUT2D eigenvalue weighted by atomic mass is 16.5. The lowest BCUT2D eigenvalue weighted by atomic mass is 9.98. The molecule has 0 spiro atoms. The third-order valence-electron chi connectivity index (χ3n) is 4.20. The van der Waals surface area contributed by atoms with Gasteiger partial charge in [0.1, 0.15) is 0 Å². The molecule has 0 saturated carbocycles. The van der Waals surface area contributed by atoms with E-state index >= 15 is 0 Å². The van der Waals surface area contributed by atoms with Gasteiger partial charge in [0, 0.05) is 13.0 Å². The van der Waals surface area contributed by atoms with E-state index in [-0.39, 0.29) is 11.9 Å². The fourth-order valence-electron chi connectivity index (χ4n) is 3.05. The van der Waals surface area contributed by atoms with Gasteiger partial charge in [0.25, 0.3) is 0 Å². The maximum Gasteiger partial charge on any atom is 0.310 e. The van der Waals surface area contributed by atoms with E-state index in [1.54, 1.807) is 0 Å². The van der Waals surface area contributed by atoms with Crippen molar-refractivity contribution >= 4 is 5.97 Å². The van der Waals surface area contributed by atoms with Crippen LogP contribution in [0.25, 0.3) is 0 Å². The number of piperidine rings is 1. The van der Waals surface area contributed by atoms with E-state index in [1.165, 1.54) is 0 Å². The Bertz CT molecular complexity index is 657. The molecule has 0 radical (unpaired) electrons. The summed E-state index contributed by atoms with van der Waals surface area (Å²) in [5.41, 5.74) is 1.16. The lowest BCUT2D eigenvalue weighted by molar-refractivity contribution is -0.150. The summed E-state index contributed by atoms with van der Waals surface area (Å²) in [4.78, 5) is 18.6. The highest BCUT2D eigenvalue weighted by Gasteiger charge is 2.27. The molecule has 1 fully saturated rings. The molecule has 0 aliphatic carbocycles. The van der Waals surface area contributed by atoms with Gasteiger partial charge in [0.05, 0.1) is 19.1 Å². The molecule has 0 unspecified atom stereocenters. The average Bonchev–Trinajstić information content (AvgIpc) is 3.03. The summed E-state index contributed by atoms with van der Waals surface area (Å²) in [6, 6.07) is 10.1. The number of ether oxygens (including phenoxy) is 1. The molecule has 24 heavy (non-hydrogen) atoms. The zero-order chi connectivity index (χ0) is 16.8. The quantitative estimate of drug-likeness (QED) is 0.758. The van der Waals surface area contributed by atoms with Crippen LogP contribution in [0.5, 0.6) is 0 Å². The van der Waals surface area contributed by atoms with E-state index in [9.17, 15) is 4.79 Å². The van der Waals surface area contributed by atoms with E-state index in [2.05, 4.69) is 15.0 Å². The minimum atomic E-state index is -0.0995. The molecule has 3 rings (SSSR count). The van der Waals surface area contributed by atoms with Crippen molar-refractivity contribution in [1.29, 1.82) is 0 Å². The van der Waals surface area contributed by atoms with Crippen molar-refractivity contribution < 1.29 is 14.1 Å². The van der Waals surface area contributed by atoms with Crippen LogP contribution in [0.3, 0.4) is 0 Å². The standard InChI is InChI=1S/C18H23N3O3/c1-2-23-18(22)15-9-6-10-21(12-15)13-17-19-16(20-24-17)11-14-7-4-3-5-8-14/h3-5,7-8,15H,2,6,9-13H2,1H3/t15-/m1/s1. The molecule has 1 aliphatic heterocycles. The van der Waals surface area contributed by atoms with Gasteiger partial charge in [-0.25, -0.2) is 0 Å². The zero-order valence-corrected chi connectivity index (χ0v) is 14.0. The second kappa shape index (κ2) is 8.06. The van der Waals surface area contributed by atoms with Crippen LogP contribution >= 0.6 is 0 Å². The van der Waals surface area contributed by atoms with Crippen molar-refractivity contribution in [2.45, 2.75) is 32.7 Å². The van der Waals surface area contributed by atoms with Gasteiger partial charge in [-0.05, 0) is 31.9 Å². The Morgan fingerprint density at radius 2 is 2.21 bits per heavy atom. The first kappa shape index (κ1) is 16.6. The number of carbonyl (C=O) groups excluding carboxylic acids is 1. The Morgan fingerprint density at radius 1 is 1.38 bits per heavy atom. The van der Waals surface area contributed by atoms with Crippen molar-refractivity contribution in [3.8, 4) is 0 Å². The number of nitrogens with zero attached hydrogens (tertiary/aromatic N) is 3. The average molecular weight is 329 g/mol. The molecule has 0 amide bonds. The molecule has 6 heteroatoms. The summed E-state index contributed by atoms with van der Waals surface area (Å²) in [6.07, 6.45) is 2.53. The molecule has 1 aliphatic rings. The second-order valence-electron chi connectivity index (χ2n) is 6.09. The molecule has 2 heterocycles. The fraction of sp³-hybridized carbons (Fsp3) is 0.500. The van der Waals surface area contributed by atoms with Gasteiger partial charge in [0.15, 0.2) is 5.82 Å². The highest BCUT2D eigenvalue weighted by Crippen LogP contribution is 2.19. The maximum atomic E-state index is 11.9. The normalized spacial score (nSPS) is 18.5. The Balaban J connectivity index is 1.55. The maximum absolute atomic E-state index is 11.9. The van der Waals surface area contributed by atoms with Crippen molar-refractivity contribution in [1.82, 2.24) is 15.0 Å². The third kappa shape index (κ3) is 4.41. The lowest BCUT2D eigenvalue weighted by Crippen LogP contribution is -2.39. The molecule has 1 saturated heterocycles. The van der Waals surface area contributed by atoms with E-state index in [1.807, 2.05) is 37.3 Å². The topological polar surface area (TPSA) is 68.5 Å². The smallest absolute Gasteiger partial charge is 0.310 e. The Labute approximate surface area is 141 Å². The van der Waals surface area contributed by atoms with Crippen molar-refractivity contribution in [3.63, 3.8) is 0 Å². The van der Waals surface area contributed by atoms with E-state index in [4.69, 9.17) is 9.26 Å². The van der Waals surface area contributed by atoms with Crippen LogP contribution in [0.15, 0.2) is 34.9 Å². The summed E-state index contributed by atoms with van der Waals surface area (Å²) in [7, 11) is 0. The molecule has 1 aromatic heterocycles. The molecule has 0 bridgehead atoms. The predicted octanol–water partition coefficient (Wildman–Crippen LogP) is 2.44. The summed E-state index contributed by atoms with van der Waals surface area (Å²) in [6.45, 7) is 4.48. The highest BCUT2D eigenvalue weighted by molar-refractivity contribution is 5.72. The summed E-state index contributed by atoms with van der Waals surface area (Å²) >= 11 is 0. The molecular formula is C18H23N3O3. The molecule has 1 atom stereocenters. The predicted molar refractivity (Wildman–Crippen MR) is 88.2 cm³/mol. The molecule has 0 N–H and O–H groups in total. The largest absolute Gasteiger partial charge is 0.466 e. The summed E-state index contributed by atoms with van der Waals surface area (Å²) in [5, 5.41) is 4.06. The number of esters is 1. The number of hydrogen-bond acceptors (Lipinski definition) is 6. The van der Waals surface area contributed by atoms with Gasteiger partial charge in [-0.3, -0.25) is 9.69 Å². The molecule has 6 nitrogen and oxygen atoms in total. The third-order valence-corrected chi connectivity index (χ3v) is 4.20. The molecule has 2 aromatic rings. The van der Waals surface area contributed by atoms with Crippen LogP contribution in [0.4, 0.5) is 0 Å². The van der Waals surface area contributed by atoms with Crippen LogP contribution in [-0.4, -0.2) is 40.7 Å². The van der Waals surface area contributed by atoms with Gasteiger partial charge < -0.3 is 9.26 Å². The summed E-state index contributed by atoms with van der Waals surface area (Å²) in [5.74, 6) is 1.14. The van der Waals surface area contributed by atoms with Gasteiger partial charge in [-0.15, -0.1) is 0 Å². The van der Waals surface area contributed by atoms with Crippen LogP contribution in [0.2, 0.25) is 0 Å². The van der Waals surface area contributed by atoms with Gasteiger partial charge in [-0.2, -0.15) is 4.98 Å². The Kier molecular flexibility index (Phi) is 5.59. The minimum absolute atomic E-state index is 0.0505. The molecule has 1 aromatic carbocycles. The first-order valence-electron chi connectivity index (χ1n) is 8.49. The molecule has 128 valence electrons. The lowest BCUT2D eigenvalue weighted by Gasteiger charge is -2.30. The van der Waals surface area contributed by atoms with Crippen molar-refractivity contribution in [2.75, 3.05) is 19.7 Å². The second-order valence-corrected chi connectivity index (χ2v) is 6.09. The van der Waals surface area contributed by atoms with Crippen LogP contribution in [0.1, 0.15) is 37.0 Å². The van der Waals surface area contributed by atoms with Crippen LogP contribution in [-0.2, 0) is 22.5 Å². The Hall–Kier alpha value is -2.21. The minimum Gasteiger partial charge on any atom is -0.466 e. The van der Waals surface area contributed by atoms with Gasteiger partial charge in [0.2, 0.25) is 5.89 Å². The van der Waals surface area contributed by atoms with Crippen LogP contribution < -0.4 is 0 Å². The van der Waals surface area contributed by atoms with Crippen molar-refractivity contribution in [2.24, 2.45) is 5.92 Å².